The first-order valence-electron chi connectivity index (χ1n) is 7.56. The SMILES string of the molecule is CN(C)c1ccc(/C=N\NC(=O)C(=O)NC[C@H]2CCCO2)cc1. The molecule has 1 aliphatic rings. The van der Waals surface area contributed by atoms with Crippen LogP contribution in [0.15, 0.2) is 29.4 Å². The van der Waals surface area contributed by atoms with Crippen LogP contribution in [0.25, 0.3) is 0 Å². The Hall–Kier alpha value is -2.41. The number of amides is 2. The maximum Gasteiger partial charge on any atom is 0.329 e. The third-order valence-electron chi connectivity index (χ3n) is 3.51. The second-order valence-electron chi connectivity index (χ2n) is 5.53. The first kappa shape index (κ1) is 17.0. The summed E-state index contributed by atoms with van der Waals surface area (Å²) in [5.41, 5.74) is 4.11. The molecular formula is C16H22N4O3. The molecule has 0 aromatic heterocycles. The van der Waals surface area contributed by atoms with E-state index in [9.17, 15) is 9.59 Å². The number of benzene rings is 1. The highest BCUT2D eigenvalue weighted by Gasteiger charge is 2.18. The molecule has 2 amide bonds. The Morgan fingerprint density at radius 3 is 2.65 bits per heavy atom. The normalized spacial score (nSPS) is 17.2. The van der Waals surface area contributed by atoms with E-state index in [0.717, 1.165) is 24.1 Å². The van der Waals surface area contributed by atoms with Crippen molar-refractivity contribution < 1.29 is 14.3 Å². The summed E-state index contributed by atoms with van der Waals surface area (Å²) in [4.78, 5) is 25.2. The summed E-state index contributed by atoms with van der Waals surface area (Å²) in [6.45, 7) is 1.06. The van der Waals surface area contributed by atoms with Gasteiger partial charge in [0.2, 0.25) is 0 Å². The van der Waals surface area contributed by atoms with Crippen molar-refractivity contribution in [2.75, 3.05) is 32.1 Å². The van der Waals surface area contributed by atoms with Gasteiger partial charge in [-0.15, -0.1) is 0 Å². The highest BCUT2D eigenvalue weighted by atomic mass is 16.5. The van der Waals surface area contributed by atoms with Crippen LogP contribution in [0.3, 0.4) is 0 Å². The van der Waals surface area contributed by atoms with Crippen LogP contribution < -0.4 is 15.6 Å². The van der Waals surface area contributed by atoms with Crippen molar-refractivity contribution in [3.05, 3.63) is 29.8 Å². The average Bonchev–Trinajstić information content (AvgIpc) is 3.06. The Balaban J connectivity index is 1.74. The lowest BCUT2D eigenvalue weighted by molar-refractivity contribution is -0.139. The quantitative estimate of drug-likeness (QED) is 0.470. The Kier molecular flexibility index (Phi) is 6.10. The summed E-state index contributed by atoms with van der Waals surface area (Å²) >= 11 is 0. The van der Waals surface area contributed by atoms with E-state index in [2.05, 4.69) is 15.8 Å². The van der Waals surface area contributed by atoms with Gasteiger partial charge in [-0.2, -0.15) is 5.10 Å². The molecule has 124 valence electrons. The Labute approximate surface area is 135 Å². The smallest absolute Gasteiger partial charge is 0.329 e. The molecule has 0 saturated carbocycles. The molecule has 0 unspecified atom stereocenters. The number of ether oxygens (including phenoxy) is 1. The fourth-order valence-corrected chi connectivity index (χ4v) is 2.17. The van der Waals surface area contributed by atoms with Crippen LogP contribution in [0.4, 0.5) is 5.69 Å². The molecule has 1 atom stereocenters. The molecule has 1 saturated heterocycles. The van der Waals surface area contributed by atoms with Crippen molar-refractivity contribution in [1.29, 1.82) is 0 Å². The van der Waals surface area contributed by atoms with Gasteiger partial charge < -0.3 is 15.0 Å². The van der Waals surface area contributed by atoms with Crippen molar-refractivity contribution in [2.24, 2.45) is 5.10 Å². The van der Waals surface area contributed by atoms with Crippen molar-refractivity contribution in [1.82, 2.24) is 10.7 Å². The summed E-state index contributed by atoms with van der Waals surface area (Å²) in [5.74, 6) is -1.50. The van der Waals surface area contributed by atoms with Gasteiger partial charge >= 0.3 is 11.8 Å². The summed E-state index contributed by atoms with van der Waals surface area (Å²) < 4.78 is 5.37. The third kappa shape index (κ3) is 5.37. The molecule has 7 heteroatoms. The predicted octanol–water partition coefficient (Wildman–Crippen LogP) is 0.498. The highest BCUT2D eigenvalue weighted by molar-refractivity contribution is 6.35. The largest absolute Gasteiger partial charge is 0.378 e. The molecule has 23 heavy (non-hydrogen) atoms. The highest BCUT2D eigenvalue weighted by Crippen LogP contribution is 2.11. The fourth-order valence-electron chi connectivity index (χ4n) is 2.17. The van der Waals surface area contributed by atoms with Gasteiger partial charge in [0.25, 0.3) is 0 Å². The van der Waals surface area contributed by atoms with Crippen LogP contribution in [0.1, 0.15) is 18.4 Å². The second kappa shape index (κ2) is 8.28. The van der Waals surface area contributed by atoms with Gasteiger partial charge in [-0.05, 0) is 30.5 Å². The van der Waals surface area contributed by atoms with Gasteiger partial charge in [0.15, 0.2) is 0 Å². The summed E-state index contributed by atoms with van der Waals surface area (Å²) in [6.07, 6.45) is 3.39. The number of nitrogens with zero attached hydrogens (tertiary/aromatic N) is 2. The van der Waals surface area contributed by atoms with E-state index >= 15 is 0 Å². The van der Waals surface area contributed by atoms with Gasteiger partial charge in [0.05, 0.1) is 12.3 Å². The zero-order valence-electron chi connectivity index (χ0n) is 13.4. The molecule has 1 aliphatic heterocycles. The minimum atomic E-state index is -0.788. The predicted molar refractivity (Wildman–Crippen MR) is 88.5 cm³/mol. The zero-order chi connectivity index (χ0) is 16.7. The van der Waals surface area contributed by atoms with E-state index in [1.54, 1.807) is 0 Å². The molecule has 1 heterocycles. The number of hydrogen-bond donors (Lipinski definition) is 2. The van der Waals surface area contributed by atoms with Crippen molar-refractivity contribution >= 4 is 23.7 Å². The minimum Gasteiger partial charge on any atom is -0.378 e. The van der Waals surface area contributed by atoms with E-state index in [-0.39, 0.29) is 6.10 Å². The van der Waals surface area contributed by atoms with Crippen LogP contribution in [-0.2, 0) is 14.3 Å². The number of hydrogen-bond acceptors (Lipinski definition) is 5. The second-order valence-corrected chi connectivity index (χ2v) is 5.53. The van der Waals surface area contributed by atoms with Crippen molar-refractivity contribution in [3.63, 3.8) is 0 Å². The van der Waals surface area contributed by atoms with Gasteiger partial charge in [0, 0.05) is 32.9 Å². The molecule has 0 spiro atoms. The minimum absolute atomic E-state index is 0.00506. The van der Waals surface area contributed by atoms with Crippen molar-refractivity contribution in [2.45, 2.75) is 18.9 Å². The first-order chi connectivity index (χ1) is 11.1. The number of nitrogens with one attached hydrogen (secondary N) is 2. The molecular weight excluding hydrogens is 296 g/mol. The lowest BCUT2D eigenvalue weighted by Gasteiger charge is -2.11. The van der Waals surface area contributed by atoms with Gasteiger partial charge in [-0.25, -0.2) is 5.43 Å². The van der Waals surface area contributed by atoms with Crippen molar-refractivity contribution in [3.8, 4) is 0 Å². The maximum absolute atomic E-state index is 11.6. The first-order valence-corrected chi connectivity index (χ1v) is 7.56. The fraction of sp³-hybridized carbons (Fsp3) is 0.438. The maximum atomic E-state index is 11.6. The van der Waals surface area contributed by atoms with Crippen LogP contribution in [-0.4, -0.2) is 51.4 Å². The van der Waals surface area contributed by atoms with E-state index in [1.807, 2.05) is 43.3 Å². The lowest BCUT2D eigenvalue weighted by atomic mass is 10.2. The van der Waals surface area contributed by atoms with E-state index in [4.69, 9.17) is 4.74 Å². The van der Waals surface area contributed by atoms with Crippen LogP contribution in [0.5, 0.6) is 0 Å². The molecule has 1 aromatic carbocycles. The number of rotatable bonds is 5. The summed E-state index contributed by atoms with van der Waals surface area (Å²) in [7, 11) is 3.91. The zero-order valence-corrected chi connectivity index (χ0v) is 13.4. The van der Waals surface area contributed by atoms with Crippen LogP contribution >= 0.6 is 0 Å². The molecule has 1 fully saturated rings. The number of carbonyl (C=O) groups excluding carboxylic acids is 2. The molecule has 0 bridgehead atoms. The van der Waals surface area contributed by atoms with Gasteiger partial charge in [-0.1, -0.05) is 12.1 Å². The topological polar surface area (TPSA) is 83.0 Å². The standard InChI is InChI=1S/C16H22N4O3/c1-20(2)13-7-5-12(6-8-13)10-18-19-16(22)15(21)17-11-14-4-3-9-23-14/h5-8,10,14H,3-4,9,11H2,1-2H3,(H,17,21)(H,19,22)/b18-10-/t14-/m1/s1. The molecule has 7 nitrogen and oxygen atoms in total. The third-order valence-corrected chi connectivity index (χ3v) is 3.51. The number of hydrazone groups is 1. The van der Waals surface area contributed by atoms with E-state index in [1.165, 1.54) is 6.21 Å². The molecule has 0 aliphatic carbocycles. The van der Waals surface area contributed by atoms with Crippen LogP contribution in [0.2, 0.25) is 0 Å². The molecule has 2 rings (SSSR count). The Morgan fingerprint density at radius 1 is 1.30 bits per heavy atom. The number of anilines is 1. The Bertz CT molecular complexity index is 563. The molecule has 1 aromatic rings. The molecule has 0 radical (unpaired) electrons. The Morgan fingerprint density at radius 2 is 2.04 bits per heavy atom. The molecule has 2 N–H and O–H groups in total. The average molecular weight is 318 g/mol. The lowest BCUT2D eigenvalue weighted by Crippen LogP contribution is -2.41. The monoisotopic (exact) mass is 318 g/mol. The summed E-state index contributed by atoms with van der Waals surface area (Å²) in [5, 5.41) is 6.32. The summed E-state index contributed by atoms with van der Waals surface area (Å²) in [6, 6.07) is 7.64. The van der Waals surface area contributed by atoms with E-state index in [0.29, 0.717) is 13.2 Å². The van der Waals surface area contributed by atoms with E-state index < -0.39 is 11.8 Å². The van der Waals surface area contributed by atoms with Crippen LogP contribution in [0, 0.1) is 0 Å². The van der Waals surface area contributed by atoms with Gasteiger partial charge in [0.1, 0.15) is 0 Å². The number of carbonyl (C=O) groups is 2. The van der Waals surface area contributed by atoms with Gasteiger partial charge in [-0.3, -0.25) is 9.59 Å².